The summed E-state index contributed by atoms with van der Waals surface area (Å²) in [5.41, 5.74) is 0.989. The summed E-state index contributed by atoms with van der Waals surface area (Å²) in [5, 5.41) is 3.15. The second-order valence-corrected chi connectivity index (χ2v) is 7.36. The maximum atomic E-state index is 12.5. The van der Waals surface area contributed by atoms with Crippen molar-refractivity contribution in [3.8, 4) is 0 Å². The molecule has 0 unspecified atom stereocenters. The molecule has 2 aliphatic rings. The SMILES string of the molecule is COC(=O)Nc1nc2c(s1)CN(C(=O)CC1CCCCC1)CC2. The fraction of sp³-hybridized carbons (Fsp3) is 0.688. The monoisotopic (exact) mass is 337 g/mol. The highest BCUT2D eigenvalue weighted by Crippen LogP contribution is 2.31. The predicted octanol–water partition coefficient (Wildman–Crippen LogP) is 3.18. The standard InChI is InChI=1S/C16H23N3O3S/c1-22-16(21)18-15-17-12-7-8-19(10-13(12)23-15)14(20)9-11-5-3-2-4-6-11/h11H,2-10H2,1H3,(H,17,18,21). The predicted molar refractivity (Wildman–Crippen MR) is 88.5 cm³/mol. The highest BCUT2D eigenvalue weighted by atomic mass is 32.1. The van der Waals surface area contributed by atoms with Crippen LogP contribution in [0.2, 0.25) is 0 Å². The van der Waals surface area contributed by atoms with E-state index in [-0.39, 0.29) is 5.91 Å². The highest BCUT2D eigenvalue weighted by Gasteiger charge is 2.26. The Kier molecular flexibility index (Phi) is 5.15. The number of ether oxygens (including phenoxy) is 1. The maximum absolute atomic E-state index is 12.5. The Hall–Kier alpha value is -1.63. The van der Waals surface area contributed by atoms with Gasteiger partial charge in [0.05, 0.1) is 19.3 Å². The highest BCUT2D eigenvalue weighted by molar-refractivity contribution is 7.15. The molecular formula is C16H23N3O3S. The van der Waals surface area contributed by atoms with Crippen LogP contribution in [0.4, 0.5) is 9.93 Å². The van der Waals surface area contributed by atoms with Gasteiger partial charge in [0, 0.05) is 24.3 Å². The summed E-state index contributed by atoms with van der Waals surface area (Å²) in [6.45, 7) is 1.33. The van der Waals surface area contributed by atoms with Crippen LogP contribution in [0.1, 0.15) is 49.1 Å². The Bertz CT molecular complexity index is 581. The minimum atomic E-state index is -0.513. The van der Waals surface area contributed by atoms with E-state index in [1.54, 1.807) is 0 Å². The molecule has 23 heavy (non-hydrogen) atoms. The van der Waals surface area contributed by atoms with Gasteiger partial charge >= 0.3 is 6.09 Å². The van der Waals surface area contributed by atoms with Gasteiger partial charge in [-0.05, 0) is 18.8 Å². The van der Waals surface area contributed by atoms with Gasteiger partial charge in [0.1, 0.15) is 0 Å². The summed E-state index contributed by atoms with van der Waals surface area (Å²) < 4.78 is 4.58. The van der Waals surface area contributed by atoms with Gasteiger partial charge in [0.25, 0.3) is 0 Å². The first kappa shape index (κ1) is 16.2. The first-order valence-corrected chi connectivity index (χ1v) is 9.08. The summed E-state index contributed by atoms with van der Waals surface area (Å²) >= 11 is 1.43. The molecule has 7 heteroatoms. The van der Waals surface area contributed by atoms with Crippen molar-refractivity contribution in [2.75, 3.05) is 19.0 Å². The molecule has 1 N–H and O–H groups in total. The fourth-order valence-corrected chi connectivity index (χ4v) is 4.38. The number of carbonyl (C=O) groups excluding carboxylic acids is 2. The van der Waals surface area contributed by atoms with Crippen LogP contribution in [0.25, 0.3) is 0 Å². The molecule has 1 fully saturated rings. The average molecular weight is 337 g/mol. The number of hydrogen-bond donors (Lipinski definition) is 1. The Morgan fingerprint density at radius 3 is 2.87 bits per heavy atom. The van der Waals surface area contributed by atoms with Crippen molar-refractivity contribution in [2.45, 2.75) is 51.5 Å². The molecule has 0 atom stereocenters. The van der Waals surface area contributed by atoms with Crippen LogP contribution in [0.5, 0.6) is 0 Å². The molecule has 2 amide bonds. The summed E-state index contributed by atoms with van der Waals surface area (Å²) in [6, 6.07) is 0. The van der Waals surface area contributed by atoms with Gasteiger partial charge in [-0.1, -0.05) is 30.6 Å². The lowest BCUT2D eigenvalue weighted by atomic mass is 9.86. The smallest absolute Gasteiger partial charge is 0.413 e. The van der Waals surface area contributed by atoms with Crippen LogP contribution in [-0.4, -0.2) is 35.5 Å². The van der Waals surface area contributed by atoms with Crippen molar-refractivity contribution in [1.29, 1.82) is 0 Å². The van der Waals surface area contributed by atoms with Crippen molar-refractivity contribution in [3.63, 3.8) is 0 Å². The number of aromatic nitrogens is 1. The molecule has 6 nitrogen and oxygen atoms in total. The number of rotatable bonds is 3. The lowest BCUT2D eigenvalue weighted by molar-refractivity contribution is -0.133. The van der Waals surface area contributed by atoms with E-state index in [1.807, 2.05) is 4.90 Å². The van der Waals surface area contributed by atoms with E-state index in [0.29, 0.717) is 24.0 Å². The largest absolute Gasteiger partial charge is 0.453 e. The van der Waals surface area contributed by atoms with E-state index in [2.05, 4.69) is 15.0 Å². The first-order chi connectivity index (χ1) is 11.2. The van der Waals surface area contributed by atoms with Gasteiger partial charge in [0.15, 0.2) is 5.13 Å². The zero-order valence-corrected chi connectivity index (χ0v) is 14.3. The van der Waals surface area contributed by atoms with Crippen LogP contribution in [0.15, 0.2) is 0 Å². The van der Waals surface area contributed by atoms with Crippen LogP contribution < -0.4 is 5.32 Å². The fourth-order valence-electron chi connectivity index (χ4n) is 3.37. The Morgan fingerprint density at radius 1 is 1.35 bits per heavy atom. The van der Waals surface area contributed by atoms with E-state index >= 15 is 0 Å². The molecule has 0 spiro atoms. The first-order valence-electron chi connectivity index (χ1n) is 8.27. The number of nitrogens with one attached hydrogen (secondary N) is 1. The van der Waals surface area contributed by atoms with Gasteiger partial charge in [-0.25, -0.2) is 9.78 Å². The molecule has 0 saturated heterocycles. The zero-order valence-electron chi connectivity index (χ0n) is 13.5. The third kappa shape index (κ3) is 4.02. The quantitative estimate of drug-likeness (QED) is 0.919. The number of amides is 2. The molecule has 1 aliphatic carbocycles. The van der Waals surface area contributed by atoms with Crippen molar-refractivity contribution in [1.82, 2.24) is 9.88 Å². The van der Waals surface area contributed by atoms with Crippen molar-refractivity contribution in [3.05, 3.63) is 10.6 Å². The summed E-state index contributed by atoms with van der Waals surface area (Å²) in [6.07, 6.45) is 7.15. The molecule has 2 heterocycles. The molecule has 1 aromatic rings. The third-order valence-electron chi connectivity index (χ3n) is 4.67. The number of fused-ring (bicyclic) bond motifs is 1. The third-order valence-corrected chi connectivity index (χ3v) is 5.66. The Balaban J connectivity index is 1.58. The van der Waals surface area contributed by atoms with E-state index in [4.69, 9.17) is 0 Å². The Morgan fingerprint density at radius 2 is 2.13 bits per heavy atom. The average Bonchev–Trinajstić information content (AvgIpc) is 2.96. The second-order valence-electron chi connectivity index (χ2n) is 6.28. The lowest BCUT2D eigenvalue weighted by Gasteiger charge is -2.29. The minimum Gasteiger partial charge on any atom is -0.453 e. The van der Waals surface area contributed by atoms with E-state index in [1.165, 1.54) is 50.6 Å². The molecule has 0 bridgehead atoms. The number of carbonyl (C=O) groups is 2. The Labute approximate surface area is 140 Å². The van der Waals surface area contributed by atoms with Gasteiger partial charge in [-0.2, -0.15) is 0 Å². The van der Waals surface area contributed by atoms with Crippen LogP contribution in [0.3, 0.4) is 0 Å². The van der Waals surface area contributed by atoms with Crippen molar-refractivity contribution < 1.29 is 14.3 Å². The van der Waals surface area contributed by atoms with E-state index in [9.17, 15) is 9.59 Å². The second kappa shape index (κ2) is 7.29. The van der Waals surface area contributed by atoms with Crippen LogP contribution >= 0.6 is 11.3 Å². The molecule has 0 radical (unpaired) electrons. The molecule has 1 saturated carbocycles. The number of hydrogen-bond acceptors (Lipinski definition) is 5. The van der Waals surface area contributed by atoms with Crippen LogP contribution in [0, 0.1) is 5.92 Å². The van der Waals surface area contributed by atoms with Gasteiger partial charge < -0.3 is 9.64 Å². The normalized spacial score (nSPS) is 18.4. The molecule has 1 aromatic heterocycles. The van der Waals surface area contributed by atoms with Crippen molar-refractivity contribution in [2.24, 2.45) is 5.92 Å². The topological polar surface area (TPSA) is 71.5 Å². The maximum Gasteiger partial charge on any atom is 0.413 e. The lowest BCUT2D eigenvalue weighted by Crippen LogP contribution is -2.36. The molecule has 1 aliphatic heterocycles. The van der Waals surface area contributed by atoms with Gasteiger partial charge in [-0.3, -0.25) is 10.1 Å². The zero-order chi connectivity index (χ0) is 16.2. The number of thiazole rings is 1. The number of methoxy groups -OCH3 is 1. The molecular weight excluding hydrogens is 314 g/mol. The van der Waals surface area contributed by atoms with E-state index < -0.39 is 6.09 Å². The van der Waals surface area contributed by atoms with Gasteiger partial charge in [-0.15, -0.1) is 0 Å². The van der Waals surface area contributed by atoms with Crippen molar-refractivity contribution >= 4 is 28.5 Å². The molecule has 126 valence electrons. The molecule has 3 rings (SSSR count). The summed E-state index contributed by atoms with van der Waals surface area (Å²) in [4.78, 5) is 31.2. The van der Waals surface area contributed by atoms with E-state index in [0.717, 1.165) is 23.5 Å². The molecule has 0 aromatic carbocycles. The number of nitrogens with zero attached hydrogens (tertiary/aromatic N) is 2. The van der Waals surface area contributed by atoms with Gasteiger partial charge in [0.2, 0.25) is 5.91 Å². The summed E-state index contributed by atoms with van der Waals surface area (Å²) in [5.74, 6) is 0.828. The minimum absolute atomic E-state index is 0.262. The summed E-state index contributed by atoms with van der Waals surface area (Å²) in [7, 11) is 1.33. The number of anilines is 1. The van der Waals surface area contributed by atoms with Crippen LogP contribution in [-0.2, 0) is 22.5 Å².